The van der Waals surface area contributed by atoms with Crippen molar-refractivity contribution in [3.05, 3.63) is 35.9 Å². The van der Waals surface area contributed by atoms with Crippen molar-refractivity contribution in [2.75, 3.05) is 19.7 Å². The highest BCUT2D eigenvalue weighted by atomic mass is 16.6. The Morgan fingerprint density at radius 2 is 1.77 bits per heavy atom. The summed E-state index contributed by atoms with van der Waals surface area (Å²) in [5.41, 5.74) is -0.144. The molecule has 144 valence electrons. The number of benzene rings is 1. The molecule has 26 heavy (non-hydrogen) atoms. The molecule has 1 aromatic rings. The number of carbonyl (C=O) groups is 2. The molecule has 0 aliphatic carbocycles. The monoisotopic (exact) mass is 363 g/mol. The second-order valence-electron chi connectivity index (χ2n) is 7.95. The Kier molecular flexibility index (Phi) is 6.64. The summed E-state index contributed by atoms with van der Waals surface area (Å²) in [6.07, 6.45) is 0.890. The van der Waals surface area contributed by atoms with Crippen LogP contribution in [0.25, 0.3) is 0 Å². The van der Waals surface area contributed by atoms with Crippen LogP contribution in [-0.4, -0.2) is 47.4 Å². The fourth-order valence-corrected chi connectivity index (χ4v) is 2.98. The number of likely N-dealkylation sites (tertiary alicyclic amines) is 1. The van der Waals surface area contributed by atoms with Crippen molar-refractivity contribution in [2.24, 2.45) is 5.41 Å². The summed E-state index contributed by atoms with van der Waals surface area (Å²) in [6, 6.07) is 9.49. The number of carbonyl (C=O) groups excluding carboxylic acids is 2. The standard InChI is InChI=1S/C20H29NO5/c1-19(2,3)26-18(24)21-11-9-20(15-22,10-12-21)13-17(23)25-14-16-7-5-4-6-8-16/h4-8,22H,9-15H2,1-3H3. The second kappa shape index (κ2) is 8.54. The molecule has 0 spiro atoms. The number of nitrogens with zero attached hydrogens (tertiary/aromatic N) is 1. The Morgan fingerprint density at radius 1 is 1.15 bits per heavy atom. The second-order valence-corrected chi connectivity index (χ2v) is 7.95. The van der Waals surface area contributed by atoms with Crippen molar-refractivity contribution in [3.63, 3.8) is 0 Å². The average molecular weight is 363 g/mol. The van der Waals surface area contributed by atoms with Gasteiger partial charge in [0.2, 0.25) is 0 Å². The normalized spacial score (nSPS) is 16.8. The molecule has 1 heterocycles. The van der Waals surface area contributed by atoms with E-state index in [0.29, 0.717) is 25.9 Å². The minimum absolute atomic E-state index is 0.102. The minimum atomic E-state index is -0.538. The van der Waals surface area contributed by atoms with Gasteiger partial charge in [0.1, 0.15) is 12.2 Å². The number of esters is 1. The zero-order valence-corrected chi connectivity index (χ0v) is 15.9. The van der Waals surface area contributed by atoms with Crippen LogP contribution in [-0.2, 0) is 20.9 Å². The first kappa shape index (κ1) is 20.2. The molecular formula is C20H29NO5. The quantitative estimate of drug-likeness (QED) is 0.814. The summed E-state index contributed by atoms with van der Waals surface area (Å²) in [5, 5.41) is 9.84. The number of rotatable bonds is 5. The topological polar surface area (TPSA) is 76.1 Å². The van der Waals surface area contributed by atoms with Gasteiger partial charge in [0.15, 0.2) is 0 Å². The van der Waals surface area contributed by atoms with Gasteiger partial charge >= 0.3 is 12.1 Å². The van der Waals surface area contributed by atoms with Crippen molar-refractivity contribution in [1.29, 1.82) is 0 Å². The molecule has 0 atom stereocenters. The number of hydrogen-bond acceptors (Lipinski definition) is 5. The third-order valence-corrected chi connectivity index (χ3v) is 4.57. The lowest BCUT2D eigenvalue weighted by Gasteiger charge is -2.40. The number of aliphatic hydroxyl groups is 1. The molecule has 1 amide bonds. The molecule has 1 saturated heterocycles. The van der Waals surface area contributed by atoms with E-state index in [1.807, 2.05) is 51.1 Å². The van der Waals surface area contributed by atoms with E-state index < -0.39 is 11.0 Å². The third-order valence-electron chi connectivity index (χ3n) is 4.57. The fourth-order valence-electron chi connectivity index (χ4n) is 2.98. The lowest BCUT2D eigenvalue weighted by Crippen LogP contribution is -2.47. The summed E-state index contributed by atoms with van der Waals surface area (Å²) >= 11 is 0. The lowest BCUT2D eigenvalue weighted by molar-refractivity contribution is -0.149. The molecule has 1 fully saturated rings. The van der Waals surface area contributed by atoms with Gasteiger partial charge in [-0.1, -0.05) is 30.3 Å². The van der Waals surface area contributed by atoms with Gasteiger partial charge in [-0.25, -0.2) is 4.79 Å². The van der Waals surface area contributed by atoms with Crippen LogP contribution in [0.1, 0.15) is 45.6 Å². The van der Waals surface area contributed by atoms with Gasteiger partial charge in [0.25, 0.3) is 0 Å². The maximum atomic E-state index is 12.2. The molecule has 0 aromatic heterocycles. The van der Waals surface area contributed by atoms with Crippen molar-refractivity contribution in [1.82, 2.24) is 4.90 Å². The van der Waals surface area contributed by atoms with Crippen LogP contribution in [0.5, 0.6) is 0 Å². The highest BCUT2D eigenvalue weighted by Crippen LogP contribution is 2.35. The Balaban J connectivity index is 1.84. The van der Waals surface area contributed by atoms with Crippen LogP contribution in [0.2, 0.25) is 0 Å². The molecule has 6 heteroatoms. The van der Waals surface area contributed by atoms with Crippen LogP contribution in [0.15, 0.2) is 30.3 Å². The predicted octanol–water partition coefficient (Wildman–Crippen LogP) is 3.13. The van der Waals surface area contributed by atoms with E-state index in [1.54, 1.807) is 4.90 Å². The van der Waals surface area contributed by atoms with Crippen molar-refractivity contribution >= 4 is 12.1 Å². The molecule has 1 aliphatic heterocycles. The Bertz CT molecular complexity index is 600. The van der Waals surface area contributed by atoms with Gasteiger partial charge in [0, 0.05) is 25.1 Å². The van der Waals surface area contributed by atoms with Gasteiger partial charge in [0.05, 0.1) is 6.42 Å². The van der Waals surface area contributed by atoms with E-state index in [4.69, 9.17) is 9.47 Å². The van der Waals surface area contributed by atoms with Crippen LogP contribution in [0.4, 0.5) is 4.79 Å². The molecule has 6 nitrogen and oxygen atoms in total. The largest absolute Gasteiger partial charge is 0.461 e. The van der Waals surface area contributed by atoms with Crippen molar-refractivity contribution < 1.29 is 24.2 Å². The fraction of sp³-hybridized carbons (Fsp3) is 0.600. The maximum Gasteiger partial charge on any atom is 0.410 e. The minimum Gasteiger partial charge on any atom is -0.461 e. The van der Waals surface area contributed by atoms with E-state index in [9.17, 15) is 14.7 Å². The van der Waals surface area contributed by atoms with Crippen molar-refractivity contribution in [2.45, 2.75) is 52.2 Å². The molecule has 0 bridgehead atoms. The zero-order valence-electron chi connectivity index (χ0n) is 15.9. The molecule has 1 aliphatic rings. The summed E-state index contributed by atoms with van der Waals surface area (Å²) in [7, 11) is 0. The van der Waals surface area contributed by atoms with Gasteiger partial charge < -0.3 is 19.5 Å². The summed E-state index contributed by atoms with van der Waals surface area (Å²) in [5.74, 6) is -0.325. The summed E-state index contributed by atoms with van der Waals surface area (Å²) < 4.78 is 10.7. The highest BCUT2D eigenvalue weighted by molar-refractivity contribution is 5.71. The number of aliphatic hydroxyl groups excluding tert-OH is 1. The predicted molar refractivity (Wildman–Crippen MR) is 97.4 cm³/mol. The average Bonchev–Trinajstić information content (AvgIpc) is 2.60. The highest BCUT2D eigenvalue weighted by Gasteiger charge is 2.38. The Hall–Kier alpha value is -2.08. The van der Waals surface area contributed by atoms with Crippen molar-refractivity contribution in [3.8, 4) is 0 Å². The summed E-state index contributed by atoms with van der Waals surface area (Å²) in [4.78, 5) is 26.0. The van der Waals surface area contributed by atoms with Crippen LogP contribution < -0.4 is 0 Å². The van der Waals surface area contributed by atoms with Gasteiger partial charge in [-0.2, -0.15) is 0 Å². The smallest absolute Gasteiger partial charge is 0.410 e. The molecule has 2 rings (SSSR count). The zero-order chi connectivity index (χ0) is 19.2. The first-order chi connectivity index (χ1) is 12.2. The Labute approximate surface area is 155 Å². The van der Waals surface area contributed by atoms with Gasteiger partial charge in [-0.05, 0) is 39.2 Å². The van der Waals surface area contributed by atoms with E-state index in [-0.39, 0.29) is 31.7 Å². The van der Waals surface area contributed by atoms with E-state index in [0.717, 1.165) is 5.56 Å². The van der Waals surface area contributed by atoms with Crippen LogP contribution in [0, 0.1) is 5.41 Å². The summed E-state index contributed by atoms with van der Waals surface area (Å²) in [6.45, 7) is 6.53. The maximum absolute atomic E-state index is 12.2. The lowest BCUT2D eigenvalue weighted by atomic mass is 9.76. The van der Waals surface area contributed by atoms with Crippen LogP contribution >= 0.6 is 0 Å². The third kappa shape index (κ3) is 6.02. The Morgan fingerprint density at radius 3 is 2.31 bits per heavy atom. The first-order valence-corrected chi connectivity index (χ1v) is 9.01. The van der Waals surface area contributed by atoms with E-state index in [2.05, 4.69) is 0 Å². The molecule has 1 N–H and O–H groups in total. The van der Waals surface area contributed by atoms with Crippen LogP contribution in [0.3, 0.4) is 0 Å². The van der Waals surface area contributed by atoms with E-state index >= 15 is 0 Å². The SMILES string of the molecule is CC(C)(C)OC(=O)N1CCC(CO)(CC(=O)OCc2ccccc2)CC1. The molecule has 0 unspecified atom stereocenters. The molecular weight excluding hydrogens is 334 g/mol. The number of hydrogen-bond donors (Lipinski definition) is 1. The molecule has 0 radical (unpaired) electrons. The molecule has 0 saturated carbocycles. The first-order valence-electron chi connectivity index (χ1n) is 9.01. The molecule has 1 aromatic carbocycles. The van der Waals surface area contributed by atoms with Gasteiger partial charge in [-0.3, -0.25) is 4.79 Å². The number of amides is 1. The number of ether oxygens (including phenoxy) is 2. The van der Waals surface area contributed by atoms with Gasteiger partial charge in [-0.15, -0.1) is 0 Å². The van der Waals surface area contributed by atoms with E-state index in [1.165, 1.54) is 0 Å². The number of piperidine rings is 1.